The molecule has 0 aromatic heterocycles. The van der Waals surface area contributed by atoms with Crippen LogP contribution in [0.3, 0.4) is 0 Å². The van der Waals surface area contributed by atoms with E-state index in [1.54, 1.807) is 0 Å². The van der Waals surface area contributed by atoms with Crippen molar-refractivity contribution in [2.24, 2.45) is 0 Å². The fourth-order valence-electron chi connectivity index (χ4n) is 1.45. The molecule has 0 fully saturated rings. The van der Waals surface area contributed by atoms with Crippen molar-refractivity contribution in [3.8, 4) is 5.75 Å². The first-order valence-electron chi connectivity index (χ1n) is 3.94. The lowest BCUT2D eigenvalue weighted by molar-refractivity contribution is 0.350. The van der Waals surface area contributed by atoms with Crippen LogP contribution in [0.2, 0.25) is 0 Å². The van der Waals surface area contributed by atoms with Gasteiger partial charge >= 0.3 is 0 Å². The molecule has 0 amide bonds. The number of hydrogen-bond donors (Lipinski definition) is 2. The average Bonchev–Trinajstić information content (AvgIpc) is 2.38. The fraction of sp³-hybridized carbons (Fsp3) is 0.111. The van der Waals surface area contributed by atoms with Gasteiger partial charge in [-0.3, -0.25) is 0 Å². The second-order valence-corrected chi connectivity index (χ2v) is 4.79. The lowest BCUT2D eigenvalue weighted by Gasteiger charge is -2.01. The van der Waals surface area contributed by atoms with Crippen LogP contribution in [-0.4, -0.2) is 25.2 Å². The molecule has 1 aromatic rings. The smallest absolute Gasteiger partial charge is 0.200 e. The first-order chi connectivity index (χ1) is 6.54. The van der Waals surface area contributed by atoms with Gasteiger partial charge in [0.15, 0.2) is 0 Å². The highest BCUT2D eigenvalue weighted by Gasteiger charge is 2.26. The zero-order valence-corrected chi connectivity index (χ0v) is 7.95. The molecule has 0 bridgehead atoms. The number of aliphatic hydroxyl groups excluding tert-OH is 1. The van der Waals surface area contributed by atoms with Crippen molar-refractivity contribution in [2.45, 2.75) is 4.90 Å². The quantitative estimate of drug-likeness (QED) is 0.711. The summed E-state index contributed by atoms with van der Waals surface area (Å²) in [5.74, 6) is -0.0973. The summed E-state index contributed by atoms with van der Waals surface area (Å²) in [6.07, 6.45) is 0. The number of sulfone groups is 1. The third kappa shape index (κ3) is 1.21. The van der Waals surface area contributed by atoms with E-state index >= 15 is 0 Å². The molecule has 0 atom stereocenters. The molecule has 4 nitrogen and oxygen atoms in total. The van der Waals surface area contributed by atoms with E-state index in [1.165, 1.54) is 18.2 Å². The summed E-state index contributed by atoms with van der Waals surface area (Å²) >= 11 is 0. The maximum Gasteiger partial charge on any atom is 0.200 e. The summed E-state index contributed by atoms with van der Waals surface area (Å²) in [6.45, 7) is -0.322. The Hall–Kier alpha value is -1.33. The van der Waals surface area contributed by atoms with Crippen molar-refractivity contribution < 1.29 is 18.6 Å². The van der Waals surface area contributed by atoms with Crippen LogP contribution >= 0.6 is 0 Å². The molecule has 5 heteroatoms. The fourth-order valence-corrected chi connectivity index (χ4v) is 2.94. The van der Waals surface area contributed by atoms with Gasteiger partial charge in [-0.25, -0.2) is 8.42 Å². The van der Waals surface area contributed by atoms with Crippen LogP contribution in [0.5, 0.6) is 5.75 Å². The zero-order valence-electron chi connectivity index (χ0n) is 7.14. The number of phenols is 1. The molecule has 14 heavy (non-hydrogen) atoms. The second kappa shape index (κ2) is 2.83. The Morgan fingerprint density at radius 2 is 2.00 bits per heavy atom. The SMILES string of the molecule is O=S1(=O)C=C(CO)c2ccc(O)cc21. The van der Waals surface area contributed by atoms with E-state index in [0.717, 1.165) is 5.41 Å². The van der Waals surface area contributed by atoms with Crippen LogP contribution in [0.1, 0.15) is 5.56 Å². The molecule has 0 spiro atoms. The van der Waals surface area contributed by atoms with Gasteiger partial charge in [0, 0.05) is 5.41 Å². The summed E-state index contributed by atoms with van der Waals surface area (Å²) in [5.41, 5.74) is 0.824. The zero-order chi connectivity index (χ0) is 10.3. The highest BCUT2D eigenvalue weighted by Crippen LogP contribution is 2.34. The van der Waals surface area contributed by atoms with Gasteiger partial charge in [-0.1, -0.05) is 0 Å². The van der Waals surface area contributed by atoms with Crippen molar-refractivity contribution in [1.82, 2.24) is 0 Å². The molecule has 1 aliphatic rings. The van der Waals surface area contributed by atoms with Gasteiger partial charge in [0.1, 0.15) is 5.75 Å². The lowest BCUT2D eigenvalue weighted by Crippen LogP contribution is -1.92. The van der Waals surface area contributed by atoms with Gasteiger partial charge in [-0.05, 0) is 29.3 Å². The first kappa shape index (κ1) is 9.23. The molecule has 2 rings (SSSR count). The minimum Gasteiger partial charge on any atom is -0.508 e. The minimum atomic E-state index is -3.47. The summed E-state index contributed by atoms with van der Waals surface area (Å²) in [4.78, 5) is 0.0570. The number of fused-ring (bicyclic) bond motifs is 1. The van der Waals surface area contributed by atoms with Crippen molar-refractivity contribution in [1.29, 1.82) is 0 Å². The van der Waals surface area contributed by atoms with Crippen molar-refractivity contribution in [3.05, 3.63) is 29.2 Å². The number of rotatable bonds is 1. The van der Waals surface area contributed by atoms with E-state index < -0.39 is 9.84 Å². The Labute approximate surface area is 81.0 Å². The van der Waals surface area contributed by atoms with Gasteiger partial charge < -0.3 is 10.2 Å². The normalized spacial score (nSPS) is 17.6. The number of aliphatic hydroxyl groups is 1. The average molecular weight is 212 g/mol. The highest BCUT2D eigenvalue weighted by atomic mass is 32.2. The summed E-state index contributed by atoms with van der Waals surface area (Å²) in [6, 6.07) is 4.06. The molecule has 2 N–H and O–H groups in total. The van der Waals surface area contributed by atoms with E-state index in [0.29, 0.717) is 11.1 Å². The maximum atomic E-state index is 11.5. The Kier molecular flexibility index (Phi) is 1.87. The van der Waals surface area contributed by atoms with Crippen molar-refractivity contribution in [2.75, 3.05) is 6.61 Å². The Morgan fingerprint density at radius 1 is 1.29 bits per heavy atom. The Balaban J connectivity index is 2.75. The minimum absolute atomic E-state index is 0.0570. The molecule has 0 radical (unpaired) electrons. The molecular weight excluding hydrogens is 204 g/mol. The Bertz CT molecular complexity index is 514. The number of hydrogen-bond acceptors (Lipinski definition) is 4. The number of aromatic hydroxyl groups is 1. The standard InChI is InChI=1S/C9H8O4S/c10-4-6-5-14(12,13)9-3-7(11)1-2-8(6)9/h1-3,5,10-11H,4H2. The van der Waals surface area contributed by atoms with Gasteiger partial charge in [0.25, 0.3) is 0 Å². The number of benzene rings is 1. The number of phenolic OH excluding ortho intramolecular Hbond substituents is 1. The molecule has 0 saturated carbocycles. The third-order valence-electron chi connectivity index (χ3n) is 2.09. The molecule has 1 heterocycles. The maximum absolute atomic E-state index is 11.5. The van der Waals surface area contributed by atoms with Gasteiger partial charge in [-0.2, -0.15) is 0 Å². The molecule has 1 aliphatic heterocycles. The van der Waals surface area contributed by atoms with Crippen LogP contribution < -0.4 is 0 Å². The predicted molar refractivity (Wildman–Crippen MR) is 50.4 cm³/mol. The van der Waals surface area contributed by atoms with E-state index in [9.17, 15) is 8.42 Å². The van der Waals surface area contributed by atoms with Crippen LogP contribution in [0, 0.1) is 0 Å². The third-order valence-corrected chi connectivity index (χ3v) is 3.63. The van der Waals surface area contributed by atoms with Gasteiger partial charge in [0.2, 0.25) is 9.84 Å². The summed E-state index contributed by atoms with van der Waals surface area (Å²) < 4.78 is 23.0. The summed E-state index contributed by atoms with van der Waals surface area (Å²) in [5, 5.41) is 19.1. The van der Waals surface area contributed by atoms with Crippen molar-refractivity contribution in [3.63, 3.8) is 0 Å². The summed E-state index contributed by atoms with van der Waals surface area (Å²) in [7, 11) is -3.47. The van der Waals surface area contributed by atoms with Gasteiger partial charge in [0.05, 0.1) is 11.5 Å². The van der Waals surface area contributed by atoms with Crippen molar-refractivity contribution >= 4 is 15.4 Å². The first-order valence-corrected chi connectivity index (χ1v) is 5.49. The van der Waals surface area contributed by atoms with E-state index in [4.69, 9.17) is 10.2 Å². The topological polar surface area (TPSA) is 74.6 Å². The predicted octanol–water partition coefficient (Wildman–Crippen LogP) is 0.513. The van der Waals surface area contributed by atoms with Crippen LogP contribution in [-0.2, 0) is 9.84 Å². The lowest BCUT2D eigenvalue weighted by atomic mass is 10.1. The largest absolute Gasteiger partial charge is 0.508 e. The van der Waals surface area contributed by atoms with Gasteiger partial charge in [-0.15, -0.1) is 0 Å². The van der Waals surface area contributed by atoms with Crippen LogP contribution in [0.25, 0.3) is 5.57 Å². The van der Waals surface area contributed by atoms with E-state index in [1.807, 2.05) is 0 Å². The molecule has 0 aliphatic carbocycles. The molecular formula is C9H8O4S. The van der Waals surface area contributed by atoms with E-state index in [2.05, 4.69) is 0 Å². The second-order valence-electron chi connectivity index (χ2n) is 3.03. The monoisotopic (exact) mass is 212 g/mol. The van der Waals surface area contributed by atoms with Crippen LogP contribution in [0.15, 0.2) is 28.5 Å². The molecule has 1 aromatic carbocycles. The molecule has 0 unspecified atom stereocenters. The highest BCUT2D eigenvalue weighted by molar-refractivity contribution is 7.95. The Morgan fingerprint density at radius 3 is 2.64 bits per heavy atom. The molecule has 0 saturated heterocycles. The molecule has 74 valence electrons. The van der Waals surface area contributed by atoms with Crippen LogP contribution in [0.4, 0.5) is 0 Å². The van der Waals surface area contributed by atoms with E-state index in [-0.39, 0.29) is 17.3 Å².